The molecule has 4 heteroatoms. The van der Waals surface area contributed by atoms with E-state index in [2.05, 4.69) is 40.5 Å². The van der Waals surface area contributed by atoms with Crippen LogP contribution in [-0.4, -0.2) is 37.8 Å². The van der Waals surface area contributed by atoms with Crippen molar-refractivity contribution in [3.8, 4) is 0 Å². The third-order valence-electron chi connectivity index (χ3n) is 5.03. The molecule has 1 atom stereocenters. The highest BCUT2D eigenvalue weighted by Gasteiger charge is 2.23. The molecule has 0 saturated carbocycles. The molecule has 0 spiro atoms. The Morgan fingerprint density at radius 2 is 1.19 bits per heavy atom. The zero-order valence-corrected chi connectivity index (χ0v) is 18.4. The van der Waals surface area contributed by atoms with Crippen molar-refractivity contribution in [1.29, 1.82) is 0 Å². The Kier molecular flexibility index (Phi) is 16.2. The first-order valence-electron chi connectivity index (χ1n) is 11.2. The van der Waals surface area contributed by atoms with Gasteiger partial charge in [0.15, 0.2) is 0 Å². The zero-order valence-electron chi connectivity index (χ0n) is 18.4. The van der Waals surface area contributed by atoms with Gasteiger partial charge in [0.2, 0.25) is 12.1 Å². The molecule has 0 bridgehead atoms. The molecule has 26 heavy (non-hydrogen) atoms. The smallest absolute Gasteiger partial charge is 0.243 e. The van der Waals surface area contributed by atoms with Gasteiger partial charge in [-0.1, -0.05) is 90.9 Å². The Balaban J connectivity index is 3.38. The molecular weight excluding hydrogens is 324 g/mol. The largest absolute Gasteiger partial charge is 0.304 e. The Hall–Kier alpha value is -0.610. The van der Waals surface area contributed by atoms with Gasteiger partial charge in [0.05, 0.1) is 21.1 Å². The monoisotopic (exact) mass is 371 g/mol. The highest BCUT2D eigenvalue weighted by Crippen LogP contribution is 2.13. The van der Waals surface area contributed by atoms with Gasteiger partial charge in [0.25, 0.3) is 0 Å². The van der Waals surface area contributed by atoms with Gasteiger partial charge >= 0.3 is 0 Å². The second-order valence-corrected chi connectivity index (χ2v) is 8.61. The maximum Gasteiger partial charge on any atom is 0.243 e. The van der Waals surface area contributed by atoms with E-state index in [9.17, 15) is 4.79 Å². The molecule has 0 aromatic heterocycles. The fraction of sp³-hybridized carbons (Fsp3) is 0.955. The van der Waals surface area contributed by atoms with E-state index in [1.54, 1.807) is 0 Å². The Morgan fingerprint density at radius 3 is 1.58 bits per heavy atom. The SMILES string of the molecule is CCCCCCCCCCCCCCCC(=O)NOC(CC)[N+](C)(C)C. The number of quaternary nitrogens is 1. The van der Waals surface area contributed by atoms with Crippen molar-refractivity contribution in [2.45, 2.75) is 116 Å². The Labute approximate surface area is 163 Å². The first-order valence-corrected chi connectivity index (χ1v) is 11.2. The topological polar surface area (TPSA) is 38.3 Å². The van der Waals surface area contributed by atoms with Crippen LogP contribution in [0.1, 0.15) is 110 Å². The quantitative estimate of drug-likeness (QED) is 0.140. The molecule has 0 aliphatic carbocycles. The van der Waals surface area contributed by atoms with Crippen molar-refractivity contribution in [2.75, 3.05) is 21.1 Å². The van der Waals surface area contributed by atoms with Crippen LogP contribution in [0.5, 0.6) is 0 Å². The Morgan fingerprint density at radius 1 is 0.769 bits per heavy atom. The molecule has 0 aromatic rings. The van der Waals surface area contributed by atoms with E-state index in [0.717, 1.165) is 19.3 Å². The third kappa shape index (κ3) is 15.6. The average Bonchev–Trinajstić information content (AvgIpc) is 2.58. The average molecular weight is 372 g/mol. The molecule has 1 unspecified atom stereocenters. The van der Waals surface area contributed by atoms with Crippen LogP contribution in [0.2, 0.25) is 0 Å². The zero-order chi connectivity index (χ0) is 19.7. The summed E-state index contributed by atoms with van der Waals surface area (Å²) in [7, 11) is 6.23. The first-order chi connectivity index (χ1) is 12.4. The number of hydroxylamine groups is 1. The lowest BCUT2D eigenvalue weighted by Crippen LogP contribution is -2.49. The predicted octanol–water partition coefficient (Wildman–Crippen LogP) is 5.96. The number of carbonyl (C=O) groups excluding carboxylic acids is 1. The van der Waals surface area contributed by atoms with Crippen LogP contribution in [0.4, 0.5) is 0 Å². The second kappa shape index (κ2) is 16.6. The number of hydrogen-bond acceptors (Lipinski definition) is 2. The summed E-state index contributed by atoms with van der Waals surface area (Å²) >= 11 is 0. The number of hydrogen-bond donors (Lipinski definition) is 1. The van der Waals surface area contributed by atoms with Gasteiger partial charge in [-0.15, -0.1) is 0 Å². The molecular formula is C22H47N2O2+. The van der Waals surface area contributed by atoms with Crippen LogP contribution in [0.25, 0.3) is 0 Å². The van der Waals surface area contributed by atoms with Crippen LogP contribution >= 0.6 is 0 Å². The second-order valence-electron chi connectivity index (χ2n) is 8.61. The lowest BCUT2D eigenvalue weighted by Gasteiger charge is -2.32. The summed E-state index contributed by atoms with van der Waals surface area (Å²) in [6.45, 7) is 4.35. The van der Waals surface area contributed by atoms with Gasteiger partial charge in [-0.25, -0.2) is 10.3 Å². The van der Waals surface area contributed by atoms with Gasteiger partial charge in [-0.05, 0) is 6.42 Å². The summed E-state index contributed by atoms with van der Waals surface area (Å²) in [6.07, 6.45) is 18.7. The van der Waals surface area contributed by atoms with Crippen molar-refractivity contribution in [3.63, 3.8) is 0 Å². The van der Waals surface area contributed by atoms with Crippen molar-refractivity contribution in [2.24, 2.45) is 0 Å². The van der Waals surface area contributed by atoms with Crippen LogP contribution in [0, 0.1) is 0 Å². The summed E-state index contributed by atoms with van der Waals surface area (Å²) in [4.78, 5) is 17.4. The lowest BCUT2D eigenvalue weighted by atomic mass is 10.0. The molecule has 156 valence electrons. The molecule has 0 fully saturated rings. The summed E-state index contributed by atoms with van der Waals surface area (Å²) in [6, 6.07) is 0. The minimum Gasteiger partial charge on any atom is -0.304 e. The van der Waals surface area contributed by atoms with Crippen molar-refractivity contribution in [1.82, 2.24) is 5.48 Å². The summed E-state index contributed by atoms with van der Waals surface area (Å²) in [5.41, 5.74) is 2.63. The first kappa shape index (κ1) is 25.4. The standard InChI is InChI=1S/C22H46N2O2/c1-6-8-9-10-11-12-13-14-15-16-17-18-19-20-21(25)23-26-22(7-2)24(3,4)5/h22H,6-20H2,1-5H3/p+1. The van der Waals surface area contributed by atoms with E-state index in [-0.39, 0.29) is 12.1 Å². The van der Waals surface area contributed by atoms with E-state index < -0.39 is 0 Å². The van der Waals surface area contributed by atoms with E-state index in [1.165, 1.54) is 70.6 Å². The minimum atomic E-state index is 0.00518. The highest BCUT2D eigenvalue weighted by atomic mass is 16.7. The summed E-state index contributed by atoms with van der Waals surface area (Å²) in [5, 5.41) is 0. The van der Waals surface area contributed by atoms with Gasteiger partial charge < -0.3 is 4.48 Å². The van der Waals surface area contributed by atoms with Crippen LogP contribution in [0.3, 0.4) is 0 Å². The van der Waals surface area contributed by atoms with Crippen molar-refractivity contribution in [3.05, 3.63) is 0 Å². The van der Waals surface area contributed by atoms with Crippen molar-refractivity contribution < 1.29 is 14.1 Å². The number of amides is 1. The van der Waals surface area contributed by atoms with E-state index >= 15 is 0 Å². The van der Waals surface area contributed by atoms with Crippen LogP contribution < -0.4 is 5.48 Å². The van der Waals surface area contributed by atoms with Crippen LogP contribution in [0.15, 0.2) is 0 Å². The molecule has 0 rings (SSSR count). The van der Waals surface area contributed by atoms with Gasteiger partial charge in [0.1, 0.15) is 0 Å². The maximum absolute atomic E-state index is 11.8. The van der Waals surface area contributed by atoms with Gasteiger partial charge in [0, 0.05) is 12.8 Å². The third-order valence-corrected chi connectivity index (χ3v) is 5.03. The van der Waals surface area contributed by atoms with Gasteiger partial charge in [-0.2, -0.15) is 0 Å². The predicted molar refractivity (Wildman–Crippen MR) is 112 cm³/mol. The molecule has 0 aliphatic rings. The van der Waals surface area contributed by atoms with Crippen LogP contribution in [-0.2, 0) is 9.63 Å². The molecule has 1 N–H and O–H groups in total. The summed E-state index contributed by atoms with van der Waals surface area (Å²) < 4.78 is 0.690. The molecule has 0 aliphatic heterocycles. The fourth-order valence-corrected chi connectivity index (χ4v) is 3.28. The van der Waals surface area contributed by atoms with Crippen molar-refractivity contribution >= 4 is 5.91 Å². The fourth-order valence-electron chi connectivity index (χ4n) is 3.28. The molecule has 4 nitrogen and oxygen atoms in total. The molecule has 0 radical (unpaired) electrons. The van der Waals surface area contributed by atoms with E-state index in [1.807, 2.05) is 0 Å². The minimum absolute atomic E-state index is 0.00518. The normalized spacial score (nSPS) is 13.0. The lowest BCUT2D eigenvalue weighted by molar-refractivity contribution is -0.921. The molecule has 1 amide bonds. The van der Waals surface area contributed by atoms with E-state index in [4.69, 9.17) is 4.84 Å². The highest BCUT2D eigenvalue weighted by molar-refractivity contribution is 5.74. The number of rotatable bonds is 18. The summed E-state index contributed by atoms with van der Waals surface area (Å²) in [5.74, 6) is 0.0139. The number of nitrogens with zero attached hydrogens (tertiary/aromatic N) is 1. The number of nitrogens with one attached hydrogen (secondary N) is 1. The number of carbonyl (C=O) groups is 1. The molecule has 0 saturated heterocycles. The van der Waals surface area contributed by atoms with E-state index in [0.29, 0.717) is 10.9 Å². The Bertz CT molecular complexity index is 327. The number of unbranched alkanes of at least 4 members (excludes halogenated alkanes) is 12. The molecule has 0 heterocycles. The molecule has 0 aromatic carbocycles. The van der Waals surface area contributed by atoms with Gasteiger partial charge in [-0.3, -0.25) is 4.79 Å². The maximum atomic E-state index is 11.8.